The van der Waals surface area contributed by atoms with E-state index in [1.54, 1.807) is 30.3 Å². The van der Waals surface area contributed by atoms with Crippen molar-refractivity contribution in [3.63, 3.8) is 0 Å². The Morgan fingerprint density at radius 2 is 1.66 bits per heavy atom. The van der Waals surface area contributed by atoms with E-state index in [-0.39, 0.29) is 17.9 Å². The fourth-order valence-electron chi connectivity index (χ4n) is 3.58. The molecule has 0 atom stereocenters. The zero-order chi connectivity index (χ0) is 24.8. The van der Waals surface area contributed by atoms with Gasteiger partial charge in [0.15, 0.2) is 11.5 Å². The van der Waals surface area contributed by atoms with Crippen LogP contribution in [-0.4, -0.2) is 36.4 Å². The monoisotopic (exact) mass is 474 g/mol. The van der Waals surface area contributed by atoms with Crippen LogP contribution in [0.5, 0.6) is 11.5 Å². The second kappa shape index (κ2) is 10.6. The van der Waals surface area contributed by atoms with E-state index in [0.29, 0.717) is 30.1 Å². The molecule has 7 nitrogen and oxygen atoms in total. The summed E-state index contributed by atoms with van der Waals surface area (Å²) in [5.41, 5.74) is 2.10. The topological polar surface area (TPSA) is 84.9 Å². The lowest BCUT2D eigenvalue weighted by Gasteiger charge is -2.26. The number of hydrogen-bond acceptors (Lipinski definition) is 5. The van der Waals surface area contributed by atoms with Gasteiger partial charge in [0, 0.05) is 6.54 Å². The van der Waals surface area contributed by atoms with Gasteiger partial charge in [-0.1, -0.05) is 48.5 Å². The summed E-state index contributed by atoms with van der Waals surface area (Å²) in [6, 6.07) is 19.7. The predicted octanol–water partition coefficient (Wildman–Crippen LogP) is 4.12. The number of hydrogen-bond donors (Lipinski definition) is 1. The van der Waals surface area contributed by atoms with E-state index >= 15 is 0 Å². The van der Waals surface area contributed by atoms with Crippen molar-refractivity contribution >= 4 is 23.9 Å². The lowest BCUT2D eigenvalue weighted by atomic mass is 10.1. The van der Waals surface area contributed by atoms with Gasteiger partial charge >= 0.3 is 6.03 Å². The van der Waals surface area contributed by atoms with E-state index in [2.05, 4.69) is 5.32 Å². The molecule has 35 heavy (non-hydrogen) atoms. The number of nitrogens with one attached hydrogen (secondary N) is 1. The molecule has 0 aromatic heterocycles. The summed E-state index contributed by atoms with van der Waals surface area (Å²) in [6.07, 6.45) is 1.72. The highest BCUT2D eigenvalue weighted by atomic mass is 19.1. The second-order valence-electron chi connectivity index (χ2n) is 7.84. The third-order valence-corrected chi connectivity index (χ3v) is 5.46. The molecule has 4 rings (SSSR count). The van der Waals surface area contributed by atoms with Gasteiger partial charge in [-0.2, -0.15) is 0 Å². The van der Waals surface area contributed by atoms with Crippen LogP contribution in [-0.2, 0) is 22.6 Å². The molecule has 0 unspecified atom stereocenters. The van der Waals surface area contributed by atoms with Crippen molar-refractivity contribution in [1.82, 2.24) is 10.2 Å². The molecule has 0 saturated carbocycles. The smallest absolute Gasteiger partial charge is 0.331 e. The van der Waals surface area contributed by atoms with Crippen molar-refractivity contribution in [1.29, 1.82) is 0 Å². The van der Waals surface area contributed by atoms with Crippen molar-refractivity contribution in [2.24, 2.45) is 0 Å². The van der Waals surface area contributed by atoms with E-state index in [4.69, 9.17) is 9.47 Å². The number of rotatable bonds is 8. The summed E-state index contributed by atoms with van der Waals surface area (Å²) >= 11 is 0. The van der Waals surface area contributed by atoms with E-state index in [1.807, 2.05) is 30.3 Å². The van der Waals surface area contributed by atoms with Crippen LogP contribution in [0.1, 0.15) is 16.7 Å². The first kappa shape index (κ1) is 23.7. The zero-order valence-electron chi connectivity index (χ0n) is 19.0. The Morgan fingerprint density at radius 3 is 2.37 bits per heavy atom. The minimum atomic E-state index is -0.790. The van der Waals surface area contributed by atoms with Gasteiger partial charge in [-0.05, 0) is 53.5 Å². The van der Waals surface area contributed by atoms with Gasteiger partial charge in [-0.15, -0.1) is 0 Å². The first-order chi connectivity index (χ1) is 16.9. The van der Waals surface area contributed by atoms with Crippen molar-refractivity contribution in [3.8, 4) is 11.5 Å². The molecule has 1 N–H and O–H groups in total. The molecular weight excluding hydrogens is 451 g/mol. The van der Waals surface area contributed by atoms with Gasteiger partial charge in [-0.3, -0.25) is 19.8 Å². The number of methoxy groups -OCH3 is 1. The maximum absolute atomic E-state index is 13.1. The van der Waals surface area contributed by atoms with Crippen LogP contribution in [0.4, 0.5) is 9.18 Å². The van der Waals surface area contributed by atoms with Gasteiger partial charge in [0.05, 0.1) is 7.11 Å². The Bertz CT molecular complexity index is 1270. The minimum absolute atomic E-state index is 0.0382. The second-order valence-corrected chi connectivity index (χ2v) is 7.84. The van der Waals surface area contributed by atoms with Crippen LogP contribution < -0.4 is 14.8 Å². The molecule has 1 aliphatic heterocycles. The van der Waals surface area contributed by atoms with Gasteiger partial charge in [0.25, 0.3) is 11.8 Å². The number of barbiturate groups is 1. The highest BCUT2D eigenvalue weighted by Gasteiger charge is 2.35. The van der Waals surface area contributed by atoms with Crippen molar-refractivity contribution in [2.75, 3.05) is 13.7 Å². The van der Waals surface area contributed by atoms with Crippen molar-refractivity contribution in [2.45, 2.75) is 13.0 Å². The number of urea groups is 1. The molecule has 1 fully saturated rings. The fraction of sp³-hybridized carbons (Fsp3) is 0.148. The molecule has 3 aromatic rings. The summed E-state index contributed by atoms with van der Waals surface area (Å²) in [4.78, 5) is 38.6. The highest BCUT2D eigenvalue weighted by Crippen LogP contribution is 2.30. The molecule has 0 bridgehead atoms. The Hall–Kier alpha value is -4.46. The van der Waals surface area contributed by atoms with Gasteiger partial charge < -0.3 is 9.47 Å². The van der Waals surface area contributed by atoms with E-state index in [9.17, 15) is 18.8 Å². The molecule has 0 spiro atoms. The third kappa shape index (κ3) is 5.73. The van der Waals surface area contributed by atoms with Crippen molar-refractivity contribution in [3.05, 3.63) is 101 Å². The largest absolute Gasteiger partial charge is 0.493 e. The molecule has 8 heteroatoms. The fourth-order valence-corrected chi connectivity index (χ4v) is 3.58. The number of benzene rings is 3. The first-order valence-corrected chi connectivity index (χ1v) is 10.9. The molecule has 3 aromatic carbocycles. The predicted molar refractivity (Wildman–Crippen MR) is 127 cm³/mol. The molecule has 178 valence electrons. The van der Waals surface area contributed by atoms with Crippen LogP contribution in [0.3, 0.4) is 0 Å². The number of halogens is 1. The molecule has 0 radical (unpaired) electrons. The Labute approximate surface area is 201 Å². The molecule has 1 aliphatic rings. The van der Waals surface area contributed by atoms with Crippen LogP contribution in [0.25, 0.3) is 6.08 Å². The van der Waals surface area contributed by atoms with Crippen molar-refractivity contribution < 1.29 is 28.2 Å². The lowest BCUT2D eigenvalue weighted by molar-refractivity contribution is -0.130. The van der Waals surface area contributed by atoms with E-state index in [0.717, 1.165) is 16.0 Å². The van der Waals surface area contributed by atoms with Crippen LogP contribution >= 0.6 is 0 Å². The standard InChI is InChI=1S/C27H23FN2O5/c1-34-24-16-20(9-12-23(24)35-17-19-5-3-2-4-6-19)15-22-25(31)29-27(33)30(26(22)32)14-13-18-7-10-21(28)11-8-18/h2-12,15-16H,13-14,17H2,1H3,(H,29,31,33)/b22-15-. The maximum atomic E-state index is 13.1. The summed E-state index contributed by atoms with van der Waals surface area (Å²) in [5, 5.41) is 2.20. The Kier molecular flexibility index (Phi) is 7.21. The number of nitrogens with zero attached hydrogens (tertiary/aromatic N) is 1. The summed E-state index contributed by atoms with van der Waals surface area (Å²) < 4.78 is 24.4. The highest BCUT2D eigenvalue weighted by molar-refractivity contribution is 6.31. The van der Waals surface area contributed by atoms with Crippen LogP contribution in [0.2, 0.25) is 0 Å². The van der Waals surface area contributed by atoms with Gasteiger partial charge in [0.2, 0.25) is 0 Å². The average molecular weight is 474 g/mol. The van der Waals surface area contributed by atoms with Crippen LogP contribution in [0.15, 0.2) is 78.4 Å². The molecule has 1 heterocycles. The summed E-state index contributed by atoms with van der Waals surface area (Å²) in [6.45, 7) is 0.389. The van der Waals surface area contributed by atoms with E-state index in [1.165, 1.54) is 25.3 Å². The molecule has 1 saturated heterocycles. The Balaban J connectivity index is 1.50. The summed E-state index contributed by atoms with van der Waals surface area (Å²) in [5.74, 6) is -0.911. The number of amides is 4. The normalized spacial score (nSPS) is 14.7. The lowest BCUT2D eigenvalue weighted by Crippen LogP contribution is -2.54. The number of carbonyl (C=O) groups excluding carboxylic acids is 3. The number of ether oxygens (including phenoxy) is 2. The quantitative estimate of drug-likeness (QED) is 0.392. The van der Waals surface area contributed by atoms with Gasteiger partial charge in [0.1, 0.15) is 18.0 Å². The van der Waals surface area contributed by atoms with Crippen LogP contribution in [0, 0.1) is 5.82 Å². The number of carbonyl (C=O) groups is 3. The first-order valence-electron chi connectivity index (χ1n) is 10.9. The Morgan fingerprint density at radius 1 is 0.914 bits per heavy atom. The molecular formula is C27H23FN2O5. The molecule has 0 aliphatic carbocycles. The number of imide groups is 2. The third-order valence-electron chi connectivity index (χ3n) is 5.46. The summed E-state index contributed by atoms with van der Waals surface area (Å²) in [7, 11) is 1.50. The van der Waals surface area contributed by atoms with E-state index < -0.39 is 17.8 Å². The maximum Gasteiger partial charge on any atom is 0.331 e. The van der Waals surface area contributed by atoms with Gasteiger partial charge in [-0.25, -0.2) is 9.18 Å². The minimum Gasteiger partial charge on any atom is -0.493 e. The zero-order valence-corrected chi connectivity index (χ0v) is 19.0. The average Bonchev–Trinajstić information content (AvgIpc) is 2.87. The SMILES string of the molecule is COc1cc(/C=C2/C(=O)NC(=O)N(CCc3ccc(F)cc3)C2=O)ccc1OCc1ccccc1. The molecule has 4 amide bonds.